The molecule has 2 aliphatic rings. The van der Waals surface area contributed by atoms with Crippen LogP contribution in [0, 0.1) is 0 Å². The van der Waals surface area contributed by atoms with E-state index in [9.17, 15) is 0 Å². The van der Waals surface area contributed by atoms with Crippen LogP contribution in [-0.4, -0.2) is 31.3 Å². The van der Waals surface area contributed by atoms with Crippen LogP contribution in [0.2, 0.25) is 0 Å². The molecule has 2 saturated heterocycles. The van der Waals surface area contributed by atoms with Gasteiger partial charge in [0, 0.05) is 18.7 Å². The molecule has 2 aromatic carbocycles. The Balaban J connectivity index is 1.68. The molecule has 4 nitrogen and oxygen atoms in total. The van der Waals surface area contributed by atoms with Crippen LogP contribution in [0.25, 0.3) is 0 Å². The summed E-state index contributed by atoms with van der Waals surface area (Å²) in [4.78, 5) is 2.28. The fourth-order valence-electron chi connectivity index (χ4n) is 3.32. The number of hydrogen-bond acceptors (Lipinski definition) is 3. The zero-order chi connectivity index (χ0) is 14.8. The van der Waals surface area contributed by atoms with E-state index in [1.54, 1.807) is 0 Å². The van der Waals surface area contributed by atoms with Crippen LogP contribution >= 0.6 is 0 Å². The van der Waals surface area contributed by atoms with E-state index in [4.69, 9.17) is 10.1 Å². The predicted molar refractivity (Wildman–Crippen MR) is 85.0 cm³/mol. The summed E-state index contributed by atoms with van der Waals surface area (Å²) < 4.78 is 5.58. The van der Waals surface area contributed by atoms with Gasteiger partial charge >= 0.3 is 0 Å². The monoisotopic (exact) mass is 294 g/mol. The summed E-state index contributed by atoms with van der Waals surface area (Å²) in [6.45, 7) is 3.12. The second-order valence-corrected chi connectivity index (χ2v) is 5.78. The van der Waals surface area contributed by atoms with E-state index >= 15 is 0 Å². The Bertz CT molecular complexity index is 613. The van der Waals surface area contributed by atoms with Crippen LogP contribution in [0.3, 0.4) is 0 Å². The normalized spacial score (nSPS) is 29.0. The van der Waals surface area contributed by atoms with Crippen LogP contribution in [-0.2, 0) is 10.5 Å². The van der Waals surface area contributed by atoms with Gasteiger partial charge in [-0.25, -0.2) is 4.90 Å². The molecule has 0 aromatic heterocycles. The van der Waals surface area contributed by atoms with Gasteiger partial charge in [0.15, 0.2) is 5.79 Å². The summed E-state index contributed by atoms with van der Waals surface area (Å²) >= 11 is 0. The topological polar surface area (TPSA) is 38.6 Å². The van der Waals surface area contributed by atoms with E-state index < -0.39 is 5.79 Å². The molecule has 1 radical (unpaired) electrons. The van der Waals surface area contributed by atoms with E-state index in [0.717, 1.165) is 19.7 Å². The molecule has 1 N–H and O–H groups in total. The molecular formula is C18H20N3O. The number of ether oxygens (including phenoxy) is 1. The minimum atomic E-state index is -0.474. The first-order chi connectivity index (χ1) is 10.9. The lowest BCUT2D eigenvalue weighted by atomic mass is 10.1. The highest BCUT2D eigenvalue weighted by Gasteiger charge is 2.47. The van der Waals surface area contributed by atoms with Crippen molar-refractivity contribution in [1.82, 2.24) is 15.5 Å². The first-order valence-electron chi connectivity index (χ1n) is 7.79. The van der Waals surface area contributed by atoms with Crippen molar-refractivity contribution in [3.63, 3.8) is 0 Å². The molecule has 2 atom stereocenters. The van der Waals surface area contributed by atoms with Crippen molar-refractivity contribution in [3.8, 4) is 0 Å². The van der Waals surface area contributed by atoms with E-state index in [-0.39, 0.29) is 6.04 Å². The van der Waals surface area contributed by atoms with E-state index in [2.05, 4.69) is 58.7 Å². The zero-order valence-corrected chi connectivity index (χ0v) is 12.5. The number of nitrogens with zero attached hydrogens (tertiary/aromatic N) is 2. The predicted octanol–water partition coefficient (Wildman–Crippen LogP) is 2.04. The summed E-state index contributed by atoms with van der Waals surface area (Å²) in [7, 11) is 0. The number of rotatable bonds is 3. The van der Waals surface area contributed by atoms with Crippen LogP contribution in [0.15, 0.2) is 60.7 Å². The first-order valence-corrected chi connectivity index (χ1v) is 7.79. The third-order valence-corrected chi connectivity index (χ3v) is 4.46. The molecule has 4 rings (SSSR count). The Morgan fingerprint density at radius 3 is 2.45 bits per heavy atom. The molecule has 2 unspecified atom stereocenters. The van der Waals surface area contributed by atoms with Gasteiger partial charge in [0.05, 0.1) is 12.6 Å². The second-order valence-electron chi connectivity index (χ2n) is 5.78. The van der Waals surface area contributed by atoms with Crippen LogP contribution in [0.5, 0.6) is 0 Å². The van der Waals surface area contributed by atoms with Gasteiger partial charge in [0.25, 0.3) is 0 Å². The standard InChI is InChI=1S/C18H20N3O/c1-3-7-15(8-4-1)17-13-19-18(20-17,21-11-12-22-14-21)16-9-5-2-6-10-16/h1-10,17,19H,11-14H2. The van der Waals surface area contributed by atoms with Crippen molar-refractivity contribution in [2.45, 2.75) is 11.8 Å². The van der Waals surface area contributed by atoms with E-state index in [1.807, 2.05) is 12.1 Å². The lowest BCUT2D eigenvalue weighted by Crippen LogP contribution is -2.56. The smallest absolute Gasteiger partial charge is 0.171 e. The molecule has 0 saturated carbocycles. The minimum Gasteiger partial charge on any atom is -0.365 e. The summed E-state index contributed by atoms with van der Waals surface area (Å²) in [5, 5.41) is 8.83. The molecule has 2 fully saturated rings. The van der Waals surface area contributed by atoms with Gasteiger partial charge in [0.1, 0.15) is 6.73 Å². The number of nitrogens with one attached hydrogen (secondary N) is 1. The Morgan fingerprint density at radius 2 is 1.77 bits per heavy atom. The lowest BCUT2D eigenvalue weighted by Gasteiger charge is -2.37. The van der Waals surface area contributed by atoms with Crippen molar-refractivity contribution in [2.75, 3.05) is 26.4 Å². The van der Waals surface area contributed by atoms with Gasteiger partial charge in [-0.2, -0.15) is 5.32 Å². The van der Waals surface area contributed by atoms with Crippen molar-refractivity contribution in [2.24, 2.45) is 0 Å². The van der Waals surface area contributed by atoms with Crippen LogP contribution in [0.4, 0.5) is 0 Å². The Labute approximate surface area is 131 Å². The fraction of sp³-hybridized carbons (Fsp3) is 0.333. The Morgan fingerprint density at radius 1 is 1.05 bits per heavy atom. The summed E-state index contributed by atoms with van der Waals surface area (Å²) in [6, 6.07) is 21.1. The van der Waals surface area contributed by atoms with Crippen molar-refractivity contribution in [1.29, 1.82) is 0 Å². The van der Waals surface area contributed by atoms with Gasteiger partial charge in [-0.3, -0.25) is 5.32 Å². The highest BCUT2D eigenvalue weighted by atomic mass is 16.5. The summed E-state index contributed by atoms with van der Waals surface area (Å²) in [5.41, 5.74) is 2.44. The van der Waals surface area contributed by atoms with Crippen LogP contribution < -0.4 is 10.6 Å². The molecule has 4 heteroatoms. The van der Waals surface area contributed by atoms with E-state index in [0.29, 0.717) is 6.73 Å². The molecular weight excluding hydrogens is 274 g/mol. The Hall–Kier alpha value is -1.72. The molecule has 0 spiro atoms. The average molecular weight is 294 g/mol. The maximum Gasteiger partial charge on any atom is 0.171 e. The van der Waals surface area contributed by atoms with Gasteiger partial charge < -0.3 is 4.74 Å². The second kappa shape index (κ2) is 5.82. The quantitative estimate of drug-likeness (QED) is 0.941. The van der Waals surface area contributed by atoms with E-state index in [1.165, 1.54) is 11.1 Å². The van der Waals surface area contributed by atoms with Crippen molar-refractivity contribution in [3.05, 3.63) is 71.8 Å². The van der Waals surface area contributed by atoms with Gasteiger partial charge in [0.2, 0.25) is 0 Å². The lowest BCUT2D eigenvalue weighted by molar-refractivity contribution is 0.0194. The number of benzene rings is 2. The van der Waals surface area contributed by atoms with Crippen molar-refractivity contribution >= 4 is 0 Å². The minimum absolute atomic E-state index is 0.169. The van der Waals surface area contributed by atoms with Gasteiger partial charge in [-0.1, -0.05) is 60.7 Å². The third kappa shape index (κ3) is 2.34. The molecule has 2 aromatic rings. The van der Waals surface area contributed by atoms with Gasteiger partial charge in [-0.15, -0.1) is 0 Å². The molecule has 0 bridgehead atoms. The fourth-order valence-corrected chi connectivity index (χ4v) is 3.32. The number of hydrogen-bond donors (Lipinski definition) is 1. The molecule has 0 aliphatic carbocycles. The molecule has 113 valence electrons. The SMILES string of the molecule is c1ccc(C2CNC(c3ccccc3)(N3CCOC3)[N]2)cc1. The maximum absolute atomic E-state index is 5.58. The molecule has 2 aliphatic heterocycles. The largest absolute Gasteiger partial charge is 0.365 e. The zero-order valence-electron chi connectivity index (χ0n) is 12.5. The molecule has 22 heavy (non-hydrogen) atoms. The Kier molecular flexibility index (Phi) is 3.68. The summed E-state index contributed by atoms with van der Waals surface area (Å²) in [6.07, 6.45) is 0. The average Bonchev–Trinajstić information content (AvgIpc) is 3.27. The third-order valence-electron chi connectivity index (χ3n) is 4.46. The molecule has 0 amide bonds. The highest BCUT2D eigenvalue weighted by molar-refractivity contribution is 5.28. The van der Waals surface area contributed by atoms with Crippen LogP contribution in [0.1, 0.15) is 17.2 Å². The highest BCUT2D eigenvalue weighted by Crippen LogP contribution is 2.34. The van der Waals surface area contributed by atoms with Gasteiger partial charge in [-0.05, 0) is 5.56 Å². The molecule has 2 heterocycles. The summed E-state index contributed by atoms with van der Waals surface area (Å²) in [5.74, 6) is -0.474. The maximum atomic E-state index is 5.58. The van der Waals surface area contributed by atoms with Crippen molar-refractivity contribution < 1.29 is 4.74 Å². The first kappa shape index (κ1) is 13.9.